The molecule has 0 bridgehead atoms. The van der Waals surface area contributed by atoms with Crippen molar-refractivity contribution in [3.63, 3.8) is 0 Å². The third kappa shape index (κ3) is 1.65. The molecule has 0 radical (unpaired) electrons. The first-order valence-corrected chi connectivity index (χ1v) is 5.10. The molecule has 1 unspecified atom stereocenters. The quantitative estimate of drug-likeness (QED) is 0.665. The van der Waals surface area contributed by atoms with Gasteiger partial charge in [-0.15, -0.1) is 0 Å². The molecular formula is C12H15NO. The number of hydrogen-bond acceptors (Lipinski definition) is 2. The van der Waals surface area contributed by atoms with Gasteiger partial charge >= 0.3 is 0 Å². The van der Waals surface area contributed by atoms with Crippen molar-refractivity contribution < 1.29 is 4.79 Å². The Kier molecular flexibility index (Phi) is 2.53. The van der Waals surface area contributed by atoms with E-state index in [1.165, 1.54) is 6.42 Å². The monoisotopic (exact) mass is 189 g/mol. The number of carbonyl (C=O) groups is 1. The van der Waals surface area contributed by atoms with Crippen LogP contribution in [-0.2, 0) is 0 Å². The van der Waals surface area contributed by atoms with Gasteiger partial charge in [0, 0.05) is 24.3 Å². The highest BCUT2D eigenvalue weighted by Crippen LogP contribution is 2.25. The molecule has 0 aliphatic carbocycles. The Balaban J connectivity index is 2.27. The number of nitrogens with zero attached hydrogens (tertiary/aromatic N) is 1. The van der Waals surface area contributed by atoms with Crippen molar-refractivity contribution in [2.24, 2.45) is 5.92 Å². The third-order valence-electron chi connectivity index (χ3n) is 2.83. The molecule has 1 aromatic carbocycles. The van der Waals surface area contributed by atoms with Crippen LogP contribution >= 0.6 is 0 Å². The molecule has 0 aromatic heterocycles. The zero-order chi connectivity index (χ0) is 9.97. The summed E-state index contributed by atoms with van der Waals surface area (Å²) < 4.78 is 0. The lowest BCUT2D eigenvalue weighted by atomic mass is 10.1. The fourth-order valence-electron chi connectivity index (χ4n) is 2.03. The highest BCUT2D eigenvalue weighted by molar-refractivity contribution is 5.84. The van der Waals surface area contributed by atoms with Gasteiger partial charge in [-0.25, -0.2) is 0 Å². The number of aldehydes is 1. The molecule has 2 nitrogen and oxygen atoms in total. The molecule has 0 spiro atoms. The fourth-order valence-corrected chi connectivity index (χ4v) is 2.03. The van der Waals surface area contributed by atoms with E-state index in [9.17, 15) is 4.79 Å². The van der Waals surface area contributed by atoms with E-state index < -0.39 is 0 Å². The fraction of sp³-hybridized carbons (Fsp3) is 0.417. The Hall–Kier alpha value is -1.31. The van der Waals surface area contributed by atoms with E-state index in [1.54, 1.807) is 0 Å². The predicted molar refractivity (Wildman–Crippen MR) is 57.8 cm³/mol. The van der Waals surface area contributed by atoms with Crippen molar-refractivity contribution in [3.05, 3.63) is 29.8 Å². The van der Waals surface area contributed by atoms with Crippen LogP contribution < -0.4 is 4.90 Å². The van der Waals surface area contributed by atoms with Crippen LogP contribution in [0.5, 0.6) is 0 Å². The SMILES string of the molecule is CC1CCN(c2ccccc2C=O)C1. The molecule has 1 aliphatic rings. The minimum absolute atomic E-state index is 0.745. The topological polar surface area (TPSA) is 20.3 Å². The van der Waals surface area contributed by atoms with Crippen LogP contribution in [0.2, 0.25) is 0 Å². The molecule has 1 aliphatic heterocycles. The lowest BCUT2D eigenvalue weighted by molar-refractivity contribution is 0.112. The maximum absolute atomic E-state index is 10.8. The molecule has 2 rings (SSSR count). The number of para-hydroxylation sites is 1. The summed E-state index contributed by atoms with van der Waals surface area (Å²) in [6.45, 7) is 4.40. The molecule has 1 fully saturated rings. The van der Waals surface area contributed by atoms with Crippen LogP contribution in [0.3, 0.4) is 0 Å². The number of hydrogen-bond donors (Lipinski definition) is 0. The number of carbonyl (C=O) groups excluding carboxylic acids is 1. The number of benzene rings is 1. The Bertz CT molecular complexity index is 335. The van der Waals surface area contributed by atoms with Crippen molar-refractivity contribution in [2.45, 2.75) is 13.3 Å². The largest absolute Gasteiger partial charge is 0.371 e. The maximum atomic E-state index is 10.8. The van der Waals surface area contributed by atoms with Crippen LogP contribution in [-0.4, -0.2) is 19.4 Å². The number of anilines is 1. The van der Waals surface area contributed by atoms with E-state index in [-0.39, 0.29) is 0 Å². The molecule has 0 saturated carbocycles. The molecule has 1 saturated heterocycles. The maximum Gasteiger partial charge on any atom is 0.152 e. The van der Waals surface area contributed by atoms with Crippen LogP contribution in [0, 0.1) is 5.92 Å². The molecule has 0 amide bonds. The molecule has 1 heterocycles. The zero-order valence-electron chi connectivity index (χ0n) is 8.44. The summed E-state index contributed by atoms with van der Waals surface area (Å²) in [7, 11) is 0. The van der Waals surface area contributed by atoms with Gasteiger partial charge in [-0.1, -0.05) is 19.1 Å². The van der Waals surface area contributed by atoms with Gasteiger partial charge in [0.05, 0.1) is 0 Å². The van der Waals surface area contributed by atoms with Gasteiger partial charge in [0.2, 0.25) is 0 Å². The Morgan fingerprint density at radius 3 is 2.86 bits per heavy atom. The Labute approximate surface area is 84.5 Å². The summed E-state index contributed by atoms with van der Waals surface area (Å²) in [6.07, 6.45) is 2.17. The van der Waals surface area contributed by atoms with Crippen molar-refractivity contribution in [1.82, 2.24) is 0 Å². The average molecular weight is 189 g/mol. The summed E-state index contributed by atoms with van der Waals surface area (Å²) in [5, 5.41) is 0. The smallest absolute Gasteiger partial charge is 0.152 e. The molecule has 1 atom stereocenters. The van der Waals surface area contributed by atoms with Gasteiger partial charge in [0.1, 0.15) is 0 Å². The van der Waals surface area contributed by atoms with E-state index in [0.717, 1.165) is 36.5 Å². The molecule has 1 aromatic rings. The minimum atomic E-state index is 0.745. The van der Waals surface area contributed by atoms with Gasteiger partial charge in [0.25, 0.3) is 0 Å². The molecule has 74 valence electrons. The van der Waals surface area contributed by atoms with Crippen molar-refractivity contribution in [1.29, 1.82) is 0 Å². The highest BCUT2D eigenvalue weighted by Gasteiger charge is 2.20. The summed E-state index contributed by atoms with van der Waals surface area (Å²) in [5.74, 6) is 0.745. The normalized spacial score (nSPS) is 21.2. The lowest BCUT2D eigenvalue weighted by Gasteiger charge is -2.19. The average Bonchev–Trinajstić information content (AvgIpc) is 2.65. The summed E-state index contributed by atoms with van der Waals surface area (Å²) in [6, 6.07) is 7.81. The van der Waals surface area contributed by atoms with E-state index in [4.69, 9.17) is 0 Å². The van der Waals surface area contributed by atoms with Gasteiger partial charge in [0.15, 0.2) is 6.29 Å². The van der Waals surface area contributed by atoms with Crippen LogP contribution in [0.4, 0.5) is 5.69 Å². The van der Waals surface area contributed by atoms with E-state index in [1.807, 2.05) is 24.3 Å². The van der Waals surface area contributed by atoms with Crippen molar-refractivity contribution in [2.75, 3.05) is 18.0 Å². The second-order valence-electron chi connectivity index (χ2n) is 4.02. The van der Waals surface area contributed by atoms with E-state index in [0.29, 0.717) is 0 Å². The molecule has 2 heteroatoms. The highest BCUT2D eigenvalue weighted by atomic mass is 16.1. The molecule has 14 heavy (non-hydrogen) atoms. The van der Waals surface area contributed by atoms with Gasteiger partial charge < -0.3 is 4.90 Å². The van der Waals surface area contributed by atoms with Gasteiger partial charge in [-0.3, -0.25) is 4.79 Å². The Morgan fingerprint density at radius 2 is 2.21 bits per heavy atom. The first kappa shape index (κ1) is 9.25. The van der Waals surface area contributed by atoms with E-state index in [2.05, 4.69) is 11.8 Å². The molecule has 0 N–H and O–H groups in total. The number of rotatable bonds is 2. The van der Waals surface area contributed by atoms with Gasteiger partial charge in [-0.2, -0.15) is 0 Å². The summed E-state index contributed by atoms with van der Waals surface area (Å²) in [5.41, 5.74) is 1.90. The van der Waals surface area contributed by atoms with Gasteiger partial charge in [-0.05, 0) is 24.5 Å². The lowest BCUT2D eigenvalue weighted by Crippen LogP contribution is -2.20. The van der Waals surface area contributed by atoms with Crippen molar-refractivity contribution in [3.8, 4) is 0 Å². The summed E-state index contributed by atoms with van der Waals surface area (Å²) >= 11 is 0. The third-order valence-corrected chi connectivity index (χ3v) is 2.83. The second-order valence-corrected chi connectivity index (χ2v) is 4.02. The van der Waals surface area contributed by atoms with Crippen molar-refractivity contribution >= 4 is 12.0 Å². The van der Waals surface area contributed by atoms with E-state index >= 15 is 0 Å². The van der Waals surface area contributed by atoms with Crippen LogP contribution in [0.25, 0.3) is 0 Å². The van der Waals surface area contributed by atoms with Crippen LogP contribution in [0.1, 0.15) is 23.7 Å². The zero-order valence-corrected chi connectivity index (χ0v) is 8.44. The first-order valence-electron chi connectivity index (χ1n) is 5.10. The standard InChI is InChI=1S/C12H15NO/c1-10-6-7-13(8-10)12-5-3-2-4-11(12)9-14/h2-5,9-10H,6-8H2,1H3. The molecular weight excluding hydrogens is 174 g/mol. The second kappa shape index (κ2) is 3.82. The van der Waals surface area contributed by atoms with Crippen LogP contribution in [0.15, 0.2) is 24.3 Å². The first-order chi connectivity index (χ1) is 6.81. The minimum Gasteiger partial charge on any atom is -0.371 e. The summed E-state index contributed by atoms with van der Waals surface area (Å²) in [4.78, 5) is 13.1. The predicted octanol–water partition coefficient (Wildman–Crippen LogP) is 2.35. The Morgan fingerprint density at radius 1 is 1.43 bits per heavy atom.